The third kappa shape index (κ3) is 2.04. The lowest BCUT2D eigenvalue weighted by Crippen LogP contribution is -2.16. The Hall–Kier alpha value is -2.38. The van der Waals surface area contributed by atoms with E-state index in [2.05, 4.69) is 15.1 Å². The zero-order chi connectivity index (χ0) is 13.3. The van der Waals surface area contributed by atoms with E-state index in [1.807, 2.05) is 0 Å². The second kappa shape index (κ2) is 4.47. The van der Waals surface area contributed by atoms with Gasteiger partial charge in [-0.1, -0.05) is 0 Å². The van der Waals surface area contributed by atoms with Crippen LogP contribution in [0.25, 0.3) is 5.95 Å². The van der Waals surface area contributed by atoms with E-state index in [-0.39, 0.29) is 17.8 Å². The van der Waals surface area contributed by atoms with Gasteiger partial charge in [0.2, 0.25) is 5.95 Å². The molecule has 0 radical (unpaired) electrons. The van der Waals surface area contributed by atoms with Crippen LogP contribution in [0.4, 0.5) is 8.78 Å². The SMILES string of the molecule is Cc1cc(=O)[nH]c(-n2ncc(C=O)c2C(F)F)n1. The molecule has 0 bridgehead atoms. The number of alkyl halides is 2. The van der Waals surface area contributed by atoms with Gasteiger partial charge >= 0.3 is 0 Å². The molecule has 2 aromatic rings. The fourth-order valence-corrected chi connectivity index (χ4v) is 1.51. The van der Waals surface area contributed by atoms with Crippen LogP contribution in [0.1, 0.15) is 28.2 Å². The Kier molecular flexibility index (Phi) is 3.00. The van der Waals surface area contributed by atoms with Crippen LogP contribution >= 0.6 is 0 Å². The molecule has 0 aliphatic carbocycles. The molecule has 0 fully saturated rings. The van der Waals surface area contributed by atoms with Gasteiger partial charge in [-0.25, -0.2) is 13.8 Å². The fraction of sp³-hybridized carbons (Fsp3) is 0.200. The van der Waals surface area contributed by atoms with Crippen molar-refractivity contribution in [3.63, 3.8) is 0 Å². The molecular weight excluding hydrogens is 246 g/mol. The van der Waals surface area contributed by atoms with Crippen LogP contribution < -0.4 is 5.56 Å². The zero-order valence-corrected chi connectivity index (χ0v) is 9.22. The molecule has 8 heteroatoms. The fourth-order valence-electron chi connectivity index (χ4n) is 1.51. The first-order valence-electron chi connectivity index (χ1n) is 4.92. The molecule has 0 aliphatic rings. The molecule has 94 valence electrons. The van der Waals surface area contributed by atoms with E-state index in [1.54, 1.807) is 6.92 Å². The van der Waals surface area contributed by atoms with E-state index in [1.165, 1.54) is 6.07 Å². The van der Waals surface area contributed by atoms with Crippen molar-refractivity contribution in [1.29, 1.82) is 0 Å². The maximum atomic E-state index is 12.9. The van der Waals surface area contributed by atoms with Gasteiger partial charge in [0.15, 0.2) is 6.29 Å². The summed E-state index contributed by atoms with van der Waals surface area (Å²) in [5.74, 6) is -0.150. The molecule has 2 heterocycles. The Balaban J connectivity index is 2.67. The van der Waals surface area contributed by atoms with Crippen molar-refractivity contribution in [2.75, 3.05) is 0 Å². The summed E-state index contributed by atoms with van der Waals surface area (Å²) >= 11 is 0. The topological polar surface area (TPSA) is 80.6 Å². The lowest BCUT2D eigenvalue weighted by atomic mass is 10.3. The number of nitrogens with zero attached hydrogens (tertiary/aromatic N) is 3. The van der Waals surface area contributed by atoms with Crippen molar-refractivity contribution in [3.8, 4) is 5.95 Å². The summed E-state index contributed by atoms with van der Waals surface area (Å²) in [5.41, 5.74) is -0.967. The number of halogens is 2. The average molecular weight is 254 g/mol. The number of rotatable bonds is 3. The van der Waals surface area contributed by atoms with Crippen LogP contribution in [0.15, 0.2) is 17.1 Å². The number of carbonyl (C=O) groups excluding carboxylic acids is 1. The molecule has 1 N–H and O–H groups in total. The first-order valence-corrected chi connectivity index (χ1v) is 4.92. The lowest BCUT2D eigenvalue weighted by Gasteiger charge is -2.06. The Morgan fingerprint density at radius 1 is 1.50 bits per heavy atom. The average Bonchev–Trinajstić information content (AvgIpc) is 2.71. The first kappa shape index (κ1) is 12.1. The Labute approximate surface area is 99.3 Å². The maximum absolute atomic E-state index is 12.9. The van der Waals surface area contributed by atoms with E-state index in [0.717, 1.165) is 10.9 Å². The van der Waals surface area contributed by atoms with E-state index in [0.29, 0.717) is 5.69 Å². The molecule has 6 nitrogen and oxygen atoms in total. The van der Waals surface area contributed by atoms with Crippen LogP contribution in [0.3, 0.4) is 0 Å². The number of aromatic amines is 1. The summed E-state index contributed by atoms with van der Waals surface area (Å²) in [6.45, 7) is 1.55. The third-order valence-electron chi connectivity index (χ3n) is 2.23. The Morgan fingerprint density at radius 3 is 2.78 bits per heavy atom. The van der Waals surface area contributed by atoms with Crippen molar-refractivity contribution in [1.82, 2.24) is 19.7 Å². The molecule has 2 rings (SSSR count). The van der Waals surface area contributed by atoms with Crippen molar-refractivity contribution >= 4 is 6.29 Å². The van der Waals surface area contributed by atoms with Crippen LogP contribution in [0.5, 0.6) is 0 Å². The Morgan fingerprint density at radius 2 is 2.22 bits per heavy atom. The molecule has 0 aromatic carbocycles. The highest BCUT2D eigenvalue weighted by Crippen LogP contribution is 2.23. The van der Waals surface area contributed by atoms with E-state index in [4.69, 9.17) is 0 Å². The summed E-state index contributed by atoms with van der Waals surface area (Å²) < 4.78 is 26.5. The predicted molar refractivity (Wildman–Crippen MR) is 57.1 cm³/mol. The number of hydrogen-bond acceptors (Lipinski definition) is 4. The highest BCUT2D eigenvalue weighted by molar-refractivity contribution is 5.76. The third-order valence-corrected chi connectivity index (χ3v) is 2.23. The first-order chi connectivity index (χ1) is 8.52. The molecule has 0 unspecified atom stereocenters. The molecule has 0 aliphatic heterocycles. The summed E-state index contributed by atoms with van der Waals surface area (Å²) in [6.07, 6.45) is -1.63. The minimum absolute atomic E-state index is 0.150. The smallest absolute Gasteiger partial charge is 0.281 e. The van der Waals surface area contributed by atoms with Gasteiger partial charge in [0.1, 0.15) is 5.69 Å². The van der Waals surface area contributed by atoms with Gasteiger partial charge in [0.25, 0.3) is 12.0 Å². The largest absolute Gasteiger partial charge is 0.298 e. The number of aryl methyl sites for hydroxylation is 1. The van der Waals surface area contributed by atoms with Gasteiger partial charge in [-0.15, -0.1) is 0 Å². The van der Waals surface area contributed by atoms with E-state index < -0.39 is 17.7 Å². The molecule has 0 amide bonds. The van der Waals surface area contributed by atoms with Crippen molar-refractivity contribution in [3.05, 3.63) is 39.6 Å². The molecule has 2 aromatic heterocycles. The van der Waals surface area contributed by atoms with Gasteiger partial charge in [0.05, 0.1) is 11.8 Å². The van der Waals surface area contributed by atoms with E-state index >= 15 is 0 Å². The maximum Gasteiger partial charge on any atom is 0.281 e. The van der Waals surface area contributed by atoms with Gasteiger partial charge in [-0.2, -0.15) is 9.78 Å². The minimum Gasteiger partial charge on any atom is -0.298 e. The van der Waals surface area contributed by atoms with Gasteiger partial charge in [0, 0.05) is 11.8 Å². The summed E-state index contributed by atoms with van der Waals surface area (Å²) in [4.78, 5) is 28.1. The van der Waals surface area contributed by atoms with Crippen LogP contribution in [-0.2, 0) is 0 Å². The summed E-state index contributed by atoms with van der Waals surface area (Å²) in [7, 11) is 0. The quantitative estimate of drug-likeness (QED) is 0.829. The van der Waals surface area contributed by atoms with Crippen LogP contribution in [0.2, 0.25) is 0 Å². The molecule has 0 spiro atoms. The lowest BCUT2D eigenvalue weighted by molar-refractivity contribution is 0.110. The second-order valence-electron chi connectivity index (χ2n) is 3.53. The van der Waals surface area contributed by atoms with Gasteiger partial charge < -0.3 is 0 Å². The number of aromatic nitrogens is 4. The van der Waals surface area contributed by atoms with Crippen molar-refractivity contribution < 1.29 is 13.6 Å². The number of hydrogen-bond donors (Lipinski definition) is 1. The zero-order valence-electron chi connectivity index (χ0n) is 9.22. The summed E-state index contributed by atoms with van der Waals surface area (Å²) in [5, 5.41) is 3.63. The van der Waals surface area contributed by atoms with Crippen LogP contribution in [0, 0.1) is 6.92 Å². The van der Waals surface area contributed by atoms with Gasteiger partial charge in [-0.3, -0.25) is 14.6 Å². The van der Waals surface area contributed by atoms with Gasteiger partial charge in [-0.05, 0) is 6.92 Å². The van der Waals surface area contributed by atoms with Crippen molar-refractivity contribution in [2.24, 2.45) is 0 Å². The van der Waals surface area contributed by atoms with Crippen molar-refractivity contribution in [2.45, 2.75) is 13.3 Å². The molecule has 18 heavy (non-hydrogen) atoms. The molecule has 0 saturated heterocycles. The summed E-state index contributed by atoms with van der Waals surface area (Å²) in [6, 6.07) is 1.22. The highest BCUT2D eigenvalue weighted by Gasteiger charge is 2.21. The van der Waals surface area contributed by atoms with Crippen LogP contribution in [-0.4, -0.2) is 26.0 Å². The van der Waals surface area contributed by atoms with E-state index in [9.17, 15) is 18.4 Å². The highest BCUT2D eigenvalue weighted by atomic mass is 19.3. The number of nitrogens with one attached hydrogen (secondary N) is 1. The number of H-pyrrole nitrogens is 1. The number of aldehydes is 1. The molecule has 0 atom stereocenters. The standard InChI is InChI=1S/C10H8F2N4O2/c1-5-2-7(18)15-10(14-5)16-8(9(11)12)6(4-17)3-13-16/h2-4,9H,1H3,(H,14,15,18). The molecule has 0 saturated carbocycles. The molecular formula is C10H8F2N4O2. The predicted octanol–water partition coefficient (Wildman–Crippen LogP) is 1.01. The number of carbonyl (C=O) groups is 1. The monoisotopic (exact) mass is 254 g/mol. The Bertz CT molecular complexity index is 648. The normalized spacial score (nSPS) is 10.9. The second-order valence-corrected chi connectivity index (χ2v) is 3.53. The minimum atomic E-state index is -2.90.